The van der Waals surface area contributed by atoms with Gasteiger partial charge in [0, 0.05) is 11.9 Å². The summed E-state index contributed by atoms with van der Waals surface area (Å²) >= 11 is 0. The van der Waals surface area contributed by atoms with Crippen LogP contribution in [0.1, 0.15) is 16.3 Å². The molecule has 0 atom stereocenters. The van der Waals surface area contributed by atoms with Crippen LogP contribution in [0.2, 0.25) is 0 Å². The number of carbonyl (C=O) groups excluding carboxylic acids is 2. The molecule has 9 heteroatoms. The van der Waals surface area contributed by atoms with Gasteiger partial charge >= 0.3 is 0 Å². The van der Waals surface area contributed by atoms with Crippen molar-refractivity contribution in [1.29, 1.82) is 0 Å². The van der Waals surface area contributed by atoms with Gasteiger partial charge in [0.15, 0.2) is 0 Å². The van der Waals surface area contributed by atoms with Gasteiger partial charge in [-0.3, -0.25) is 14.7 Å². The molecule has 0 aliphatic heterocycles. The van der Waals surface area contributed by atoms with Crippen molar-refractivity contribution >= 4 is 21.4 Å². The number of carbonyl (C=O) groups is 2. The Bertz CT molecular complexity index is 976. The number of benzene rings is 1. The highest BCUT2D eigenvalue weighted by atomic mass is 32.2. The maximum atomic E-state index is 12.5. The standard InChI is InChI=1S/C15H12N4O4S/c20-13(14(21)15-17-9-18-19-15)7-10-6-12(8-16-10)24(22,23)11-4-2-1-3-5-11/h1-6,8-9,16H,7H2,(H,17,18,19). The van der Waals surface area contributed by atoms with E-state index in [1.807, 2.05) is 0 Å². The van der Waals surface area contributed by atoms with Gasteiger partial charge in [0.2, 0.25) is 21.4 Å². The second kappa shape index (κ2) is 6.20. The second-order valence-corrected chi connectivity index (χ2v) is 6.88. The molecule has 24 heavy (non-hydrogen) atoms. The van der Waals surface area contributed by atoms with E-state index in [1.54, 1.807) is 18.2 Å². The maximum absolute atomic E-state index is 12.5. The average molecular weight is 344 g/mol. The number of Topliss-reactive ketones (excluding diaryl/α,β-unsaturated/α-hetero) is 2. The van der Waals surface area contributed by atoms with Crippen molar-refractivity contribution in [3.8, 4) is 0 Å². The van der Waals surface area contributed by atoms with Crippen molar-refractivity contribution in [2.24, 2.45) is 0 Å². The van der Waals surface area contributed by atoms with Crippen LogP contribution in [0.3, 0.4) is 0 Å². The van der Waals surface area contributed by atoms with Gasteiger partial charge in [-0.1, -0.05) is 18.2 Å². The van der Waals surface area contributed by atoms with Crippen LogP contribution in [0.25, 0.3) is 0 Å². The summed E-state index contributed by atoms with van der Waals surface area (Å²) in [5.41, 5.74) is 0.318. The first kappa shape index (κ1) is 15.8. The Morgan fingerprint density at radius 2 is 1.83 bits per heavy atom. The fourth-order valence-electron chi connectivity index (χ4n) is 2.11. The van der Waals surface area contributed by atoms with Crippen molar-refractivity contribution in [2.45, 2.75) is 16.2 Å². The van der Waals surface area contributed by atoms with E-state index >= 15 is 0 Å². The third-order valence-electron chi connectivity index (χ3n) is 3.30. The van der Waals surface area contributed by atoms with Gasteiger partial charge in [-0.2, -0.15) is 0 Å². The smallest absolute Gasteiger partial charge is 0.267 e. The Morgan fingerprint density at radius 3 is 2.50 bits per heavy atom. The lowest BCUT2D eigenvalue weighted by molar-refractivity contribution is -0.114. The molecule has 3 aromatic rings. The number of nitrogens with one attached hydrogen (secondary N) is 2. The molecular weight excluding hydrogens is 332 g/mol. The third kappa shape index (κ3) is 3.01. The van der Waals surface area contributed by atoms with Crippen LogP contribution < -0.4 is 0 Å². The highest BCUT2D eigenvalue weighted by Crippen LogP contribution is 2.21. The molecule has 0 radical (unpaired) electrons. The lowest BCUT2D eigenvalue weighted by atomic mass is 10.1. The van der Waals surface area contributed by atoms with Gasteiger partial charge in [-0.25, -0.2) is 13.4 Å². The number of aromatic amines is 2. The molecular formula is C15H12N4O4S. The number of aromatic nitrogens is 4. The fourth-order valence-corrected chi connectivity index (χ4v) is 3.41. The SMILES string of the molecule is O=C(Cc1cc(S(=O)(=O)c2ccccc2)c[nH]1)C(=O)c1nc[nH]n1. The molecule has 0 saturated carbocycles. The normalized spacial score (nSPS) is 11.3. The Morgan fingerprint density at radius 1 is 1.08 bits per heavy atom. The number of hydrogen-bond acceptors (Lipinski definition) is 6. The van der Waals surface area contributed by atoms with E-state index in [4.69, 9.17) is 0 Å². The Kier molecular flexibility index (Phi) is 4.09. The molecule has 0 fully saturated rings. The summed E-state index contributed by atoms with van der Waals surface area (Å²) in [5.74, 6) is -1.79. The zero-order valence-electron chi connectivity index (χ0n) is 12.3. The number of nitrogens with zero attached hydrogens (tertiary/aromatic N) is 2. The average Bonchev–Trinajstić information content (AvgIpc) is 3.27. The largest absolute Gasteiger partial charge is 0.363 e. The Balaban J connectivity index is 1.79. The summed E-state index contributed by atoms with van der Waals surface area (Å²) in [4.78, 5) is 30.2. The molecule has 2 heterocycles. The van der Waals surface area contributed by atoms with E-state index in [0.29, 0.717) is 5.69 Å². The number of H-pyrrole nitrogens is 2. The van der Waals surface area contributed by atoms with E-state index in [2.05, 4.69) is 20.2 Å². The van der Waals surface area contributed by atoms with Crippen LogP contribution in [-0.2, 0) is 21.1 Å². The molecule has 2 aromatic heterocycles. The van der Waals surface area contributed by atoms with Gasteiger partial charge in [0.25, 0.3) is 5.78 Å². The minimum atomic E-state index is -3.67. The van der Waals surface area contributed by atoms with E-state index in [9.17, 15) is 18.0 Å². The van der Waals surface area contributed by atoms with Crippen LogP contribution in [0, 0.1) is 0 Å². The summed E-state index contributed by atoms with van der Waals surface area (Å²) in [6.45, 7) is 0. The van der Waals surface area contributed by atoms with Gasteiger partial charge in [-0.15, -0.1) is 5.10 Å². The van der Waals surface area contributed by atoms with Gasteiger partial charge < -0.3 is 4.98 Å². The summed E-state index contributed by atoms with van der Waals surface area (Å²) in [6, 6.07) is 9.28. The minimum Gasteiger partial charge on any atom is -0.363 e. The first-order valence-electron chi connectivity index (χ1n) is 6.89. The molecule has 122 valence electrons. The predicted octanol–water partition coefficient (Wildman–Crippen LogP) is 0.960. The molecule has 0 aliphatic rings. The Hall–Kier alpha value is -3.07. The first-order valence-corrected chi connectivity index (χ1v) is 8.37. The summed E-state index contributed by atoms with van der Waals surface area (Å²) in [6.07, 6.45) is 2.22. The predicted molar refractivity (Wildman–Crippen MR) is 82.1 cm³/mol. The molecule has 0 amide bonds. The number of hydrogen-bond donors (Lipinski definition) is 2. The fraction of sp³-hybridized carbons (Fsp3) is 0.0667. The first-order chi connectivity index (χ1) is 11.5. The van der Waals surface area contributed by atoms with Crippen LogP contribution >= 0.6 is 0 Å². The van der Waals surface area contributed by atoms with Crippen LogP contribution in [-0.4, -0.2) is 40.1 Å². The highest BCUT2D eigenvalue weighted by molar-refractivity contribution is 7.91. The van der Waals surface area contributed by atoms with Crippen LogP contribution in [0.5, 0.6) is 0 Å². The highest BCUT2D eigenvalue weighted by Gasteiger charge is 2.23. The summed E-state index contributed by atoms with van der Waals surface area (Å²) in [7, 11) is -3.67. The quantitative estimate of drug-likeness (QED) is 0.507. The van der Waals surface area contributed by atoms with Crippen molar-refractivity contribution in [3.63, 3.8) is 0 Å². The summed E-state index contributed by atoms with van der Waals surface area (Å²) < 4.78 is 24.9. The minimum absolute atomic E-state index is 0.0295. The second-order valence-electron chi connectivity index (χ2n) is 4.93. The monoisotopic (exact) mass is 344 g/mol. The molecule has 0 unspecified atom stereocenters. The van der Waals surface area contributed by atoms with E-state index < -0.39 is 21.4 Å². The zero-order chi connectivity index (χ0) is 17.2. The van der Waals surface area contributed by atoms with Crippen LogP contribution in [0.4, 0.5) is 0 Å². The molecule has 0 aliphatic carbocycles. The topological polar surface area (TPSA) is 126 Å². The number of sulfone groups is 1. The lowest BCUT2D eigenvalue weighted by Gasteiger charge is -2.00. The molecule has 0 saturated heterocycles. The van der Waals surface area contributed by atoms with E-state index in [0.717, 1.165) is 0 Å². The molecule has 8 nitrogen and oxygen atoms in total. The van der Waals surface area contributed by atoms with E-state index in [1.165, 1.54) is 30.7 Å². The number of rotatable bonds is 6. The summed E-state index contributed by atoms with van der Waals surface area (Å²) in [5, 5.41) is 5.90. The molecule has 3 rings (SSSR count). The Labute approximate surface area is 136 Å². The maximum Gasteiger partial charge on any atom is 0.267 e. The van der Waals surface area contributed by atoms with Crippen LogP contribution in [0.15, 0.2) is 58.7 Å². The van der Waals surface area contributed by atoms with Crippen molar-refractivity contribution in [3.05, 3.63) is 60.4 Å². The molecule has 0 spiro atoms. The van der Waals surface area contributed by atoms with Gasteiger partial charge in [-0.05, 0) is 18.2 Å². The van der Waals surface area contributed by atoms with E-state index in [-0.39, 0.29) is 22.0 Å². The number of ketones is 2. The van der Waals surface area contributed by atoms with Gasteiger partial charge in [0.1, 0.15) is 6.33 Å². The zero-order valence-corrected chi connectivity index (χ0v) is 13.1. The van der Waals surface area contributed by atoms with Crippen molar-refractivity contribution in [2.75, 3.05) is 0 Å². The molecule has 1 aromatic carbocycles. The van der Waals surface area contributed by atoms with Crippen molar-refractivity contribution in [1.82, 2.24) is 20.2 Å². The lowest BCUT2D eigenvalue weighted by Crippen LogP contribution is -2.18. The third-order valence-corrected chi connectivity index (χ3v) is 5.05. The molecule has 2 N–H and O–H groups in total. The van der Waals surface area contributed by atoms with Crippen molar-refractivity contribution < 1.29 is 18.0 Å². The molecule has 0 bridgehead atoms. The van der Waals surface area contributed by atoms with Gasteiger partial charge in [0.05, 0.1) is 16.2 Å².